The second kappa shape index (κ2) is 3.74. The predicted octanol–water partition coefficient (Wildman–Crippen LogP) is 1.32. The summed E-state index contributed by atoms with van der Waals surface area (Å²) in [6.45, 7) is 0. The summed E-state index contributed by atoms with van der Waals surface area (Å²) in [6, 6.07) is 3.04. The van der Waals surface area contributed by atoms with Crippen LogP contribution in [0.2, 0.25) is 0 Å². The van der Waals surface area contributed by atoms with Gasteiger partial charge in [0.1, 0.15) is 0 Å². The second-order valence-electron chi connectivity index (χ2n) is 3.31. The zero-order valence-electron chi connectivity index (χ0n) is 8.67. The standard InChI is InChI=1S/C9H9NO6S/c1-17(13,14)10-9-7(12)6(11)8(16-9)5-3-2-4-15-5/h2-4,10-12H,1H3. The van der Waals surface area contributed by atoms with Gasteiger partial charge in [0, 0.05) is 0 Å². The molecule has 0 atom stereocenters. The van der Waals surface area contributed by atoms with Gasteiger partial charge in [0.25, 0.3) is 5.88 Å². The van der Waals surface area contributed by atoms with Gasteiger partial charge in [-0.3, -0.25) is 4.72 Å². The number of furan rings is 2. The van der Waals surface area contributed by atoms with Gasteiger partial charge in [-0.05, 0) is 12.1 Å². The summed E-state index contributed by atoms with van der Waals surface area (Å²) in [5, 5.41) is 19.0. The Kier molecular flexibility index (Phi) is 2.50. The molecule has 2 heterocycles. The summed E-state index contributed by atoms with van der Waals surface area (Å²) >= 11 is 0. The molecule has 0 saturated heterocycles. The van der Waals surface area contributed by atoms with Crippen molar-refractivity contribution in [3.05, 3.63) is 18.4 Å². The first-order chi connectivity index (χ1) is 7.88. The number of hydrogen-bond donors (Lipinski definition) is 3. The summed E-state index contributed by atoms with van der Waals surface area (Å²) in [5.41, 5.74) is 0. The van der Waals surface area contributed by atoms with Crippen LogP contribution in [0, 0.1) is 0 Å². The molecule has 2 aromatic rings. The van der Waals surface area contributed by atoms with Crippen LogP contribution in [0.3, 0.4) is 0 Å². The Hall–Kier alpha value is -2.09. The van der Waals surface area contributed by atoms with Crippen LogP contribution in [0.1, 0.15) is 0 Å². The molecule has 0 aliphatic rings. The van der Waals surface area contributed by atoms with E-state index in [-0.39, 0.29) is 11.5 Å². The van der Waals surface area contributed by atoms with Gasteiger partial charge >= 0.3 is 0 Å². The van der Waals surface area contributed by atoms with Gasteiger partial charge in [0.2, 0.25) is 27.3 Å². The molecule has 0 radical (unpaired) electrons. The van der Waals surface area contributed by atoms with Crippen molar-refractivity contribution < 1.29 is 27.5 Å². The van der Waals surface area contributed by atoms with E-state index in [1.54, 1.807) is 6.07 Å². The van der Waals surface area contributed by atoms with E-state index >= 15 is 0 Å². The number of rotatable bonds is 3. The summed E-state index contributed by atoms with van der Waals surface area (Å²) in [4.78, 5) is 0. The molecule has 0 aliphatic carbocycles. The topological polar surface area (TPSA) is 113 Å². The van der Waals surface area contributed by atoms with Crippen LogP contribution in [0.4, 0.5) is 5.88 Å². The van der Waals surface area contributed by atoms with Crippen molar-refractivity contribution in [2.45, 2.75) is 0 Å². The van der Waals surface area contributed by atoms with E-state index in [1.165, 1.54) is 12.3 Å². The van der Waals surface area contributed by atoms with Crippen molar-refractivity contribution in [1.29, 1.82) is 0 Å². The van der Waals surface area contributed by atoms with E-state index in [0.717, 1.165) is 6.26 Å². The highest BCUT2D eigenvalue weighted by molar-refractivity contribution is 7.92. The smallest absolute Gasteiger partial charge is 0.254 e. The first-order valence-corrected chi connectivity index (χ1v) is 6.34. The quantitative estimate of drug-likeness (QED) is 0.766. The van der Waals surface area contributed by atoms with Crippen LogP contribution in [-0.4, -0.2) is 24.9 Å². The van der Waals surface area contributed by atoms with E-state index in [4.69, 9.17) is 8.83 Å². The normalized spacial score (nSPS) is 11.6. The highest BCUT2D eigenvalue weighted by Crippen LogP contribution is 2.45. The zero-order chi connectivity index (χ0) is 12.6. The van der Waals surface area contributed by atoms with Crippen molar-refractivity contribution in [3.63, 3.8) is 0 Å². The third-order valence-corrected chi connectivity index (χ3v) is 2.44. The first kappa shape index (κ1) is 11.4. The lowest BCUT2D eigenvalue weighted by molar-refractivity contribution is 0.409. The molecular weight excluding hydrogens is 250 g/mol. The van der Waals surface area contributed by atoms with Crippen molar-refractivity contribution in [3.8, 4) is 23.0 Å². The molecule has 2 rings (SSSR count). The maximum absolute atomic E-state index is 11.0. The average molecular weight is 259 g/mol. The van der Waals surface area contributed by atoms with Crippen LogP contribution in [0.25, 0.3) is 11.5 Å². The van der Waals surface area contributed by atoms with Crippen molar-refractivity contribution in [1.82, 2.24) is 0 Å². The molecule has 8 heteroatoms. The van der Waals surface area contributed by atoms with E-state index < -0.39 is 27.4 Å². The van der Waals surface area contributed by atoms with Crippen LogP contribution in [0.5, 0.6) is 11.5 Å². The zero-order valence-corrected chi connectivity index (χ0v) is 9.48. The fourth-order valence-corrected chi connectivity index (χ4v) is 1.70. The lowest BCUT2D eigenvalue weighted by Crippen LogP contribution is -2.08. The SMILES string of the molecule is CS(=O)(=O)Nc1oc(-c2ccco2)c(O)c1O. The van der Waals surface area contributed by atoms with Crippen LogP contribution >= 0.6 is 0 Å². The van der Waals surface area contributed by atoms with Gasteiger partial charge in [-0.25, -0.2) is 8.42 Å². The highest BCUT2D eigenvalue weighted by atomic mass is 32.2. The molecule has 2 aromatic heterocycles. The molecular formula is C9H9NO6S. The Morgan fingerprint density at radius 2 is 2.00 bits per heavy atom. The molecule has 0 bridgehead atoms. The Labute approximate surface area is 96.3 Å². The molecule has 0 aliphatic heterocycles. The van der Waals surface area contributed by atoms with Crippen molar-refractivity contribution in [2.24, 2.45) is 0 Å². The minimum atomic E-state index is -3.62. The molecule has 7 nitrogen and oxygen atoms in total. The van der Waals surface area contributed by atoms with Gasteiger partial charge in [0.15, 0.2) is 5.76 Å². The highest BCUT2D eigenvalue weighted by Gasteiger charge is 2.24. The molecule has 0 fully saturated rings. The minimum Gasteiger partial charge on any atom is -0.501 e. The monoisotopic (exact) mass is 259 g/mol. The molecule has 0 aromatic carbocycles. The summed E-state index contributed by atoms with van der Waals surface area (Å²) in [7, 11) is -3.62. The van der Waals surface area contributed by atoms with Gasteiger partial charge in [-0.1, -0.05) is 0 Å². The van der Waals surface area contributed by atoms with Crippen LogP contribution in [-0.2, 0) is 10.0 Å². The van der Waals surface area contributed by atoms with E-state index in [1.807, 2.05) is 4.72 Å². The summed E-state index contributed by atoms with van der Waals surface area (Å²) < 4.78 is 33.8. The molecule has 92 valence electrons. The Bertz CT molecular complexity index is 625. The Morgan fingerprint density at radius 1 is 1.29 bits per heavy atom. The van der Waals surface area contributed by atoms with Crippen molar-refractivity contribution in [2.75, 3.05) is 11.0 Å². The maximum Gasteiger partial charge on any atom is 0.254 e. The number of nitrogens with one attached hydrogen (secondary N) is 1. The number of anilines is 1. The molecule has 0 spiro atoms. The molecule has 17 heavy (non-hydrogen) atoms. The first-order valence-electron chi connectivity index (χ1n) is 4.45. The van der Waals surface area contributed by atoms with E-state index in [2.05, 4.69) is 0 Å². The average Bonchev–Trinajstić information content (AvgIpc) is 2.80. The number of sulfonamides is 1. The maximum atomic E-state index is 11.0. The lowest BCUT2D eigenvalue weighted by atomic mass is 10.3. The number of aromatic hydroxyl groups is 2. The van der Waals surface area contributed by atoms with Gasteiger partial charge in [0.05, 0.1) is 12.5 Å². The summed E-state index contributed by atoms with van der Waals surface area (Å²) in [6.07, 6.45) is 2.23. The molecule has 0 saturated carbocycles. The Morgan fingerprint density at radius 3 is 2.53 bits per heavy atom. The largest absolute Gasteiger partial charge is 0.501 e. The molecule has 0 amide bonds. The minimum absolute atomic E-state index is 0.154. The lowest BCUT2D eigenvalue weighted by Gasteiger charge is -1.98. The molecule has 3 N–H and O–H groups in total. The van der Waals surface area contributed by atoms with Gasteiger partial charge in [-0.2, -0.15) is 0 Å². The van der Waals surface area contributed by atoms with E-state index in [0.29, 0.717) is 0 Å². The fraction of sp³-hybridized carbons (Fsp3) is 0.111. The Balaban J connectivity index is 2.48. The second-order valence-corrected chi connectivity index (χ2v) is 5.06. The summed E-state index contributed by atoms with van der Waals surface area (Å²) in [5.74, 6) is -1.73. The predicted molar refractivity (Wildman–Crippen MR) is 58.2 cm³/mol. The van der Waals surface area contributed by atoms with Crippen LogP contribution < -0.4 is 4.72 Å². The van der Waals surface area contributed by atoms with Gasteiger partial charge in [-0.15, -0.1) is 0 Å². The fourth-order valence-electron chi connectivity index (χ4n) is 1.23. The molecule has 0 unspecified atom stereocenters. The van der Waals surface area contributed by atoms with Gasteiger partial charge < -0.3 is 19.0 Å². The third-order valence-electron chi connectivity index (χ3n) is 1.88. The van der Waals surface area contributed by atoms with Crippen molar-refractivity contribution >= 4 is 15.9 Å². The van der Waals surface area contributed by atoms with Crippen LogP contribution in [0.15, 0.2) is 27.2 Å². The third kappa shape index (κ3) is 2.21. The van der Waals surface area contributed by atoms with E-state index in [9.17, 15) is 18.6 Å². The number of hydrogen-bond acceptors (Lipinski definition) is 6.